The van der Waals surface area contributed by atoms with Gasteiger partial charge in [0, 0.05) is 31.4 Å². The van der Waals surface area contributed by atoms with Gasteiger partial charge >= 0.3 is 0 Å². The van der Waals surface area contributed by atoms with E-state index in [0.717, 1.165) is 12.0 Å². The first kappa shape index (κ1) is 17.6. The monoisotopic (exact) mass is 291 g/mol. The Kier molecular flexibility index (Phi) is 7.37. The number of hydrogen-bond donors (Lipinski definition) is 1. The molecule has 4 nitrogen and oxygen atoms in total. The number of rotatable bonds is 8. The molecule has 1 unspecified atom stereocenters. The van der Waals surface area contributed by atoms with Gasteiger partial charge in [0.2, 0.25) is 5.91 Å². The van der Waals surface area contributed by atoms with Gasteiger partial charge in [0.15, 0.2) is 0 Å². The zero-order valence-electron chi connectivity index (χ0n) is 13.7. The summed E-state index contributed by atoms with van der Waals surface area (Å²) >= 11 is 0. The molecule has 0 aliphatic rings. The van der Waals surface area contributed by atoms with Crippen molar-refractivity contribution in [1.29, 1.82) is 0 Å². The van der Waals surface area contributed by atoms with E-state index in [4.69, 9.17) is 5.73 Å². The van der Waals surface area contributed by atoms with Crippen molar-refractivity contribution in [3.63, 3.8) is 0 Å². The molecule has 1 heterocycles. The van der Waals surface area contributed by atoms with Crippen molar-refractivity contribution in [2.45, 2.75) is 53.1 Å². The number of pyridine rings is 1. The maximum Gasteiger partial charge on any atom is 0.223 e. The van der Waals surface area contributed by atoms with Crippen molar-refractivity contribution in [2.75, 3.05) is 6.54 Å². The summed E-state index contributed by atoms with van der Waals surface area (Å²) in [7, 11) is 0. The standard InChI is InChI=1S/C17H29N3O/c1-13(2)8-16(10-18)9-17(21)20(14(3)4)12-15-6-5-7-19-11-15/h5-7,11,13-14,16H,8-10,12,18H2,1-4H3. The molecule has 1 aromatic rings. The van der Waals surface area contributed by atoms with Crippen LogP contribution in [0.3, 0.4) is 0 Å². The Balaban J connectivity index is 2.69. The molecule has 0 radical (unpaired) electrons. The lowest BCUT2D eigenvalue weighted by molar-refractivity contribution is -0.134. The van der Waals surface area contributed by atoms with Crippen LogP contribution in [-0.2, 0) is 11.3 Å². The normalized spacial score (nSPS) is 12.7. The van der Waals surface area contributed by atoms with E-state index in [1.165, 1.54) is 0 Å². The lowest BCUT2D eigenvalue weighted by Gasteiger charge is -2.29. The Hall–Kier alpha value is -1.42. The van der Waals surface area contributed by atoms with Crippen molar-refractivity contribution in [1.82, 2.24) is 9.88 Å². The predicted octanol–water partition coefficient (Wildman–Crippen LogP) is 2.83. The lowest BCUT2D eigenvalue weighted by Crippen LogP contribution is -2.38. The van der Waals surface area contributed by atoms with Crippen LogP contribution in [0.5, 0.6) is 0 Å². The molecule has 0 aliphatic heterocycles. The average molecular weight is 291 g/mol. The van der Waals surface area contributed by atoms with E-state index in [-0.39, 0.29) is 17.9 Å². The molecule has 1 rings (SSSR count). The van der Waals surface area contributed by atoms with Gasteiger partial charge in [-0.15, -0.1) is 0 Å². The van der Waals surface area contributed by atoms with Crippen molar-refractivity contribution >= 4 is 5.91 Å². The van der Waals surface area contributed by atoms with E-state index in [1.54, 1.807) is 6.20 Å². The smallest absolute Gasteiger partial charge is 0.223 e. The topological polar surface area (TPSA) is 59.2 Å². The molecule has 1 aromatic heterocycles. The van der Waals surface area contributed by atoms with Crippen LogP contribution in [0.1, 0.15) is 46.1 Å². The molecule has 0 fully saturated rings. The first-order valence-corrected chi connectivity index (χ1v) is 7.82. The quantitative estimate of drug-likeness (QED) is 0.801. The first-order chi connectivity index (χ1) is 9.93. The third kappa shape index (κ3) is 6.25. The van der Waals surface area contributed by atoms with Crippen molar-refractivity contribution in [2.24, 2.45) is 17.6 Å². The highest BCUT2D eigenvalue weighted by atomic mass is 16.2. The fourth-order valence-electron chi connectivity index (χ4n) is 2.54. The molecular formula is C17H29N3O. The van der Waals surface area contributed by atoms with Gasteiger partial charge in [-0.25, -0.2) is 0 Å². The fourth-order valence-corrected chi connectivity index (χ4v) is 2.54. The Labute approximate surface area is 128 Å². The minimum atomic E-state index is 0.176. The van der Waals surface area contributed by atoms with Crippen LogP contribution < -0.4 is 5.73 Å². The molecule has 2 N–H and O–H groups in total. The second kappa shape index (κ2) is 8.78. The molecule has 0 saturated carbocycles. The van der Waals surface area contributed by atoms with Crippen LogP contribution in [0, 0.1) is 11.8 Å². The number of carbonyl (C=O) groups excluding carboxylic acids is 1. The third-order valence-electron chi connectivity index (χ3n) is 3.62. The minimum absolute atomic E-state index is 0.176. The van der Waals surface area contributed by atoms with E-state index in [1.807, 2.05) is 37.1 Å². The summed E-state index contributed by atoms with van der Waals surface area (Å²) in [5.74, 6) is 1.02. The third-order valence-corrected chi connectivity index (χ3v) is 3.62. The molecular weight excluding hydrogens is 262 g/mol. The van der Waals surface area contributed by atoms with Crippen molar-refractivity contribution in [3.8, 4) is 0 Å². The number of nitrogens with two attached hydrogens (primary N) is 1. The Morgan fingerprint density at radius 3 is 2.52 bits per heavy atom. The van der Waals surface area contributed by atoms with Gasteiger partial charge in [0.25, 0.3) is 0 Å². The van der Waals surface area contributed by atoms with Gasteiger partial charge in [0.1, 0.15) is 0 Å². The molecule has 1 amide bonds. The summed E-state index contributed by atoms with van der Waals surface area (Å²) in [5.41, 5.74) is 6.88. The van der Waals surface area contributed by atoms with Gasteiger partial charge in [-0.2, -0.15) is 0 Å². The highest BCUT2D eigenvalue weighted by Crippen LogP contribution is 2.18. The molecule has 4 heteroatoms. The van der Waals surface area contributed by atoms with E-state index in [0.29, 0.717) is 25.4 Å². The summed E-state index contributed by atoms with van der Waals surface area (Å²) < 4.78 is 0. The lowest BCUT2D eigenvalue weighted by atomic mass is 9.93. The second-order valence-electron chi connectivity index (χ2n) is 6.41. The van der Waals surface area contributed by atoms with Crippen LogP contribution in [0.25, 0.3) is 0 Å². The summed E-state index contributed by atoms with van der Waals surface area (Å²) in [4.78, 5) is 18.6. The Morgan fingerprint density at radius 1 is 1.33 bits per heavy atom. The van der Waals surface area contributed by atoms with Gasteiger partial charge in [0.05, 0.1) is 0 Å². The molecule has 118 valence electrons. The number of hydrogen-bond acceptors (Lipinski definition) is 3. The average Bonchev–Trinajstić information content (AvgIpc) is 2.44. The number of amides is 1. The van der Waals surface area contributed by atoms with Crippen molar-refractivity contribution < 1.29 is 4.79 Å². The molecule has 0 spiro atoms. The van der Waals surface area contributed by atoms with Crippen LogP contribution in [0.15, 0.2) is 24.5 Å². The maximum absolute atomic E-state index is 12.6. The summed E-state index contributed by atoms with van der Waals surface area (Å²) in [6.07, 6.45) is 5.10. The van der Waals surface area contributed by atoms with E-state index in [2.05, 4.69) is 18.8 Å². The molecule has 0 aliphatic carbocycles. The van der Waals surface area contributed by atoms with Gasteiger partial charge in [-0.05, 0) is 50.3 Å². The van der Waals surface area contributed by atoms with Gasteiger partial charge in [-0.1, -0.05) is 19.9 Å². The molecule has 0 bridgehead atoms. The SMILES string of the molecule is CC(C)CC(CN)CC(=O)N(Cc1cccnc1)C(C)C. The predicted molar refractivity (Wildman–Crippen MR) is 86.5 cm³/mol. The first-order valence-electron chi connectivity index (χ1n) is 7.82. The highest BCUT2D eigenvalue weighted by Gasteiger charge is 2.21. The van der Waals surface area contributed by atoms with Crippen LogP contribution in [-0.4, -0.2) is 28.4 Å². The zero-order valence-corrected chi connectivity index (χ0v) is 13.7. The van der Waals surface area contributed by atoms with Crippen LogP contribution in [0.2, 0.25) is 0 Å². The molecule has 1 atom stereocenters. The van der Waals surface area contributed by atoms with E-state index < -0.39 is 0 Å². The highest BCUT2D eigenvalue weighted by molar-refractivity contribution is 5.76. The summed E-state index contributed by atoms with van der Waals surface area (Å²) in [6.45, 7) is 9.63. The van der Waals surface area contributed by atoms with Crippen LogP contribution >= 0.6 is 0 Å². The number of nitrogens with zero attached hydrogens (tertiary/aromatic N) is 2. The van der Waals surface area contributed by atoms with E-state index >= 15 is 0 Å². The maximum atomic E-state index is 12.6. The molecule has 0 aromatic carbocycles. The van der Waals surface area contributed by atoms with E-state index in [9.17, 15) is 4.79 Å². The number of carbonyl (C=O) groups is 1. The minimum Gasteiger partial charge on any atom is -0.336 e. The summed E-state index contributed by atoms with van der Waals surface area (Å²) in [6, 6.07) is 4.08. The van der Waals surface area contributed by atoms with Gasteiger partial charge in [-0.3, -0.25) is 9.78 Å². The number of aromatic nitrogens is 1. The Bertz CT molecular complexity index is 417. The largest absolute Gasteiger partial charge is 0.336 e. The van der Waals surface area contributed by atoms with Crippen molar-refractivity contribution in [3.05, 3.63) is 30.1 Å². The zero-order chi connectivity index (χ0) is 15.8. The molecule has 21 heavy (non-hydrogen) atoms. The second-order valence-corrected chi connectivity index (χ2v) is 6.41. The Morgan fingerprint density at radius 2 is 2.05 bits per heavy atom. The fraction of sp³-hybridized carbons (Fsp3) is 0.647. The molecule has 0 saturated heterocycles. The van der Waals surface area contributed by atoms with Gasteiger partial charge < -0.3 is 10.6 Å². The van der Waals surface area contributed by atoms with Crippen LogP contribution in [0.4, 0.5) is 0 Å². The summed E-state index contributed by atoms with van der Waals surface area (Å²) in [5, 5.41) is 0.